The molecule has 0 saturated heterocycles. The number of nitrogens with one attached hydrogen (secondary N) is 1. The van der Waals surface area contributed by atoms with Crippen LogP contribution in [0.2, 0.25) is 0 Å². The highest BCUT2D eigenvalue weighted by molar-refractivity contribution is 5.81. The van der Waals surface area contributed by atoms with Crippen LogP contribution < -0.4 is 5.32 Å². The Kier molecular flexibility index (Phi) is 6.96. The zero-order chi connectivity index (χ0) is 17.5. The molecule has 0 spiro atoms. The topological polar surface area (TPSA) is 73.9 Å². The molecule has 1 aliphatic carbocycles. The summed E-state index contributed by atoms with van der Waals surface area (Å²) in [6.45, 7) is 5.44. The zero-order valence-electron chi connectivity index (χ0n) is 15.1. The molecule has 1 atom stereocenters. The van der Waals surface area contributed by atoms with E-state index in [4.69, 9.17) is 15.6 Å². The summed E-state index contributed by atoms with van der Waals surface area (Å²) >= 11 is 0. The molecule has 0 unspecified atom stereocenters. The van der Waals surface area contributed by atoms with E-state index in [0.717, 1.165) is 19.3 Å². The van der Waals surface area contributed by atoms with E-state index in [1.807, 2.05) is 0 Å². The number of carbonyl (C=O) groups is 2. The van der Waals surface area contributed by atoms with Gasteiger partial charge in [0, 0.05) is 13.0 Å². The van der Waals surface area contributed by atoms with E-state index >= 15 is 0 Å². The molecule has 0 aromatic rings. The van der Waals surface area contributed by atoms with Crippen LogP contribution in [0.3, 0.4) is 0 Å². The molecule has 0 aliphatic heterocycles. The number of methoxy groups -OCH3 is 1. The lowest BCUT2D eigenvalue weighted by atomic mass is 9.98. The second kappa shape index (κ2) is 8.98. The molecule has 6 heteroatoms. The quantitative estimate of drug-likeness (QED) is 0.763. The molecule has 1 fully saturated rings. The van der Waals surface area contributed by atoms with Crippen molar-refractivity contribution in [2.24, 2.45) is 0 Å². The first-order valence-electron chi connectivity index (χ1n) is 8.36. The van der Waals surface area contributed by atoms with E-state index in [1.54, 1.807) is 20.8 Å². The monoisotopic (exact) mass is 316 g/mol. The van der Waals surface area contributed by atoms with Gasteiger partial charge in [0.1, 0.15) is 11.6 Å². The zero-order valence-corrected chi connectivity index (χ0v) is 14.1. The largest absolute Gasteiger partial charge is 0.467 e. The summed E-state index contributed by atoms with van der Waals surface area (Å²) in [7, 11) is 1.26. The highest BCUT2D eigenvalue weighted by Gasteiger charge is 2.25. The number of ether oxygens (including phenoxy) is 3. The van der Waals surface area contributed by atoms with Crippen LogP contribution in [0.25, 0.3) is 0 Å². The van der Waals surface area contributed by atoms with Gasteiger partial charge in [0.2, 0.25) is 0 Å². The Morgan fingerprint density at radius 1 is 1.27 bits per heavy atom. The third kappa shape index (κ3) is 7.64. The Morgan fingerprint density at radius 2 is 1.91 bits per heavy atom. The standard InChI is InChI=1S/C16H29NO5/c1-16(2,3)22-15(19)17-13(14(18)20-4)10-11-21-12-8-6-5-7-9-12/h12-13H,5-11H2,1-4H3,(H,17,19)/t13-/m0/s1/i12D. The molecule has 1 aliphatic rings. The number of amides is 1. The number of alkyl carbamates (subject to hydrolysis) is 1. The van der Waals surface area contributed by atoms with Crippen LogP contribution in [0.5, 0.6) is 0 Å². The summed E-state index contributed by atoms with van der Waals surface area (Å²) in [5, 5.41) is 2.50. The predicted octanol–water partition coefficient (Wildman–Crippen LogP) is 2.79. The molecule has 0 aromatic carbocycles. The van der Waals surface area contributed by atoms with Gasteiger partial charge in [-0.3, -0.25) is 0 Å². The van der Waals surface area contributed by atoms with Crippen molar-refractivity contribution >= 4 is 12.1 Å². The van der Waals surface area contributed by atoms with Gasteiger partial charge in [-0.1, -0.05) is 19.3 Å². The van der Waals surface area contributed by atoms with Gasteiger partial charge in [0.25, 0.3) is 0 Å². The summed E-state index contributed by atoms with van der Waals surface area (Å²) in [5.74, 6) is -0.554. The molecule has 6 nitrogen and oxygen atoms in total. The van der Waals surface area contributed by atoms with Gasteiger partial charge in [0.15, 0.2) is 0 Å². The molecule has 22 heavy (non-hydrogen) atoms. The molecule has 1 saturated carbocycles. The van der Waals surface area contributed by atoms with E-state index in [-0.39, 0.29) is 13.0 Å². The number of rotatable bonds is 6. The van der Waals surface area contributed by atoms with Gasteiger partial charge in [-0.2, -0.15) is 0 Å². The van der Waals surface area contributed by atoms with Crippen molar-refractivity contribution in [3.63, 3.8) is 0 Å². The molecule has 0 aromatic heterocycles. The van der Waals surface area contributed by atoms with Gasteiger partial charge in [-0.25, -0.2) is 9.59 Å². The van der Waals surface area contributed by atoms with Crippen LogP contribution in [0.1, 0.15) is 60.7 Å². The summed E-state index contributed by atoms with van der Waals surface area (Å²) in [6, 6.07) is -0.845. The maximum atomic E-state index is 11.8. The molecule has 128 valence electrons. The summed E-state index contributed by atoms with van der Waals surface area (Å²) in [6.07, 6.45) is 3.21. The molecular formula is C16H29NO5. The van der Waals surface area contributed by atoms with Gasteiger partial charge >= 0.3 is 12.1 Å². The van der Waals surface area contributed by atoms with Gasteiger partial charge < -0.3 is 19.5 Å². The van der Waals surface area contributed by atoms with Crippen LogP contribution in [-0.4, -0.2) is 43.5 Å². The highest BCUT2D eigenvalue weighted by atomic mass is 16.6. The van der Waals surface area contributed by atoms with E-state index in [1.165, 1.54) is 7.11 Å². The Morgan fingerprint density at radius 3 is 2.45 bits per heavy atom. The van der Waals surface area contributed by atoms with Gasteiger partial charge in [-0.05, 0) is 33.6 Å². The van der Waals surface area contributed by atoms with Crippen LogP contribution >= 0.6 is 0 Å². The van der Waals surface area contributed by atoms with Gasteiger partial charge in [0.05, 0.1) is 14.6 Å². The van der Waals surface area contributed by atoms with Crippen molar-refractivity contribution in [3.05, 3.63) is 0 Å². The lowest BCUT2D eigenvalue weighted by Crippen LogP contribution is -2.44. The Bertz CT molecular complexity index is 402. The van der Waals surface area contributed by atoms with Crippen LogP contribution in [0.4, 0.5) is 4.79 Å². The lowest BCUT2D eigenvalue weighted by Gasteiger charge is -2.24. The third-order valence-electron chi connectivity index (χ3n) is 3.30. The number of hydrogen-bond acceptors (Lipinski definition) is 5. The first-order valence-corrected chi connectivity index (χ1v) is 7.86. The van der Waals surface area contributed by atoms with Crippen molar-refractivity contribution in [1.29, 1.82) is 0 Å². The Labute approximate surface area is 134 Å². The van der Waals surface area contributed by atoms with Crippen molar-refractivity contribution in [1.82, 2.24) is 5.32 Å². The summed E-state index contributed by atoms with van der Waals surface area (Å²) in [4.78, 5) is 23.6. The van der Waals surface area contributed by atoms with Crippen molar-refractivity contribution in [2.45, 2.75) is 77.0 Å². The van der Waals surface area contributed by atoms with Gasteiger partial charge in [-0.15, -0.1) is 0 Å². The molecular weight excluding hydrogens is 286 g/mol. The average molecular weight is 316 g/mol. The minimum absolute atomic E-state index is 0.207. The fourth-order valence-electron chi connectivity index (χ4n) is 2.25. The minimum Gasteiger partial charge on any atom is -0.467 e. The van der Waals surface area contributed by atoms with E-state index < -0.39 is 29.8 Å². The highest BCUT2D eigenvalue weighted by Crippen LogP contribution is 2.20. The van der Waals surface area contributed by atoms with Crippen molar-refractivity contribution in [2.75, 3.05) is 13.7 Å². The molecule has 1 amide bonds. The van der Waals surface area contributed by atoms with Crippen LogP contribution in [0.15, 0.2) is 0 Å². The van der Waals surface area contributed by atoms with E-state index in [2.05, 4.69) is 5.32 Å². The molecule has 1 N–H and O–H groups in total. The predicted molar refractivity (Wildman–Crippen MR) is 82.6 cm³/mol. The molecule has 1 rings (SSSR count). The van der Waals surface area contributed by atoms with Crippen LogP contribution in [-0.2, 0) is 19.0 Å². The number of carbonyl (C=O) groups excluding carboxylic acids is 2. The molecule has 0 bridgehead atoms. The van der Waals surface area contributed by atoms with E-state index in [9.17, 15) is 9.59 Å². The fraction of sp³-hybridized carbons (Fsp3) is 0.875. The van der Waals surface area contributed by atoms with Crippen molar-refractivity contribution in [3.8, 4) is 0 Å². The smallest absolute Gasteiger partial charge is 0.408 e. The first kappa shape index (κ1) is 17.1. The summed E-state index contributed by atoms with van der Waals surface area (Å²) < 4.78 is 23.7. The number of esters is 1. The summed E-state index contributed by atoms with van der Waals surface area (Å²) in [5.41, 5.74) is -0.644. The average Bonchev–Trinajstić information content (AvgIpc) is 2.44. The van der Waals surface area contributed by atoms with E-state index in [0.29, 0.717) is 12.8 Å². The third-order valence-corrected chi connectivity index (χ3v) is 3.30. The second-order valence-electron chi connectivity index (χ2n) is 6.46. The first-order chi connectivity index (χ1) is 10.7. The maximum Gasteiger partial charge on any atom is 0.408 e. The molecule has 0 heterocycles. The second-order valence-corrected chi connectivity index (χ2v) is 6.46. The number of hydrogen-bond donors (Lipinski definition) is 1. The minimum atomic E-state index is -0.870. The Hall–Kier alpha value is -1.30. The Balaban J connectivity index is 2.48. The lowest BCUT2D eigenvalue weighted by molar-refractivity contribution is -0.143. The SMILES string of the molecule is [2H]C1(OCC[C@H](NC(=O)OC(C)(C)C)C(=O)OC)CCCCC1. The normalized spacial score (nSPS) is 19.7. The van der Waals surface area contributed by atoms with Crippen LogP contribution in [0, 0.1) is 0 Å². The van der Waals surface area contributed by atoms with Crippen molar-refractivity contribution < 1.29 is 25.2 Å². The fourth-order valence-corrected chi connectivity index (χ4v) is 2.25. The molecule has 0 radical (unpaired) electrons. The maximum absolute atomic E-state index is 11.8.